The number of para-hydroxylation sites is 2. The maximum Gasteiger partial charge on any atom is 0.164 e. The van der Waals surface area contributed by atoms with E-state index >= 15 is 0 Å². The van der Waals surface area contributed by atoms with Crippen LogP contribution in [-0.4, -0.2) is 19.5 Å². The lowest BCUT2D eigenvalue weighted by Gasteiger charge is -2.14. The molecule has 13 aromatic rings. The van der Waals surface area contributed by atoms with Crippen LogP contribution in [-0.2, 0) is 0 Å². The van der Waals surface area contributed by atoms with Gasteiger partial charge < -0.3 is 8.98 Å². The summed E-state index contributed by atoms with van der Waals surface area (Å²) in [5.74, 6) is 1.84. The SMILES string of the molecule is c1ccc2cc(-c3nc(-c4cccc5oc6ccccc6c45)nc(-c4ccc(-n5c6ccccc6c6cc7ccccc7cc65)c5sc6ccccc6c45)n3)ccc2c1. The Balaban J connectivity index is 1.12. The number of benzene rings is 9. The largest absolute Gasteiger partial charge is 0.456 e. The third-order valence-corrected chi connectivity index (χ3v) is 13.0. The molecule has 4 aromatic heterocycles. The number of fused-ring (bicyclic) bond motifs is 11. The number of furan rings is 1. The van der Waals surface area contributed by atoms with Crippen LogP contribution in [0.4, 0.5) is 0 Å². The van der Waals surface area contributed by atoms with Crippen LogP contribution in [0.5, 0.6) is 0 Å². The summed E-state index contributed by atoms with van der Waals surface area (Å²) in [6.45, 7) is 0. The molecule has 0 spiro atoms. The highest BCUT2D eigenvalue weighted by Gasteiger charge is 2.23. The maximum absolute atomic E-state index is 6.35. The predicted octanol–water partition coefficient (Wildman–Crippen LogP) is 14.5. The van der Waals surface area contributed by atoms with Crippen molar-refractivity contribution in [3.63, 3.8) is 0 Å². The number of aromatic nitrogens is 4. The van der Waals surface area contributed by atoms with Gasteiger partial charge in [0.1, 0.15) is 11.2 Å². The zero-order valence-electron chi connectivity index (χ0n) is 31.4. The Morgan fingerprint density at radius 2 is 1.05 bits per heavy atom. The van der Waals surface area contributed by atoms with E-state index in [2.05, 4.69) is 156 Å². The van der Waals surface area contributed by atoms with Crippen LogP contribution in [0.15, 0.2) is 186 Å². The molecule has 274 valence electrons. The van der Waals surface area contributed by atoms with Gasteiger partial charge in [-0.2, -0.15) is 0 Å². The lowest BCUT2D eigenvalue weighted by atomic mass is 10.0. The van der Waals surface area contributed by atoms with Crippen LogP contribution < -0.4 is 0 Å². The summed E-state index contributed by atoms with van der Waals surface area (Å²) >= 11 is 1.82. The highest BCUT2D eigenvalue weighted by atomic mass is 32.1. The Hall–Kier alpha value is -7.67. The smallest absolute Gasteiger partial charge is 0.164 e. The number of hydrogen-bond acceptors (Lipinski definition) is 5. The molecule has 9 aromatic carbocycles. The van der Waals surface area contributed by atoms with Gasteiger partial charge in [0, 0.05) is 53.7 Å². The average molecular weight is 771 g/mol. The first-order valence-corrected chi connectivity index (χ1v) is 20.6. The zero-order valence-corrected chi connectivity index (χ0v) is 32.2. The van der Waals surface area contributed by atoms with Crippen LogP contribution in [0.2, 0.25) is 0 Å². The molecule has 0 bridgehead atoms. The van der Waals surface area contributed by atoms with Gasteiger partial charge in [0.25, 0.3) is 0 Å². The number of nitrogens with zero attached hydrogens (tertiary/aromatic N) is 4. The van der Waals surface area contributed by atoms with Gasteiger partial charge in [-0.05, 0) is 76.1 Å². The fourth-order valence-corrected chi connectivity index (χ4v) is 10.4. The Labute approximate surface area is 341 Å². The zero-order chi connectivity index (χ0) is 38.6. The molecule has 0 saturated heterocycles. The highest BCUT2D eigenvalue weighted by Crippen LogP contribution is 2.46. The van der Waals surface area contributed by atoms with Crippen molar-refractivity contribution in [2.24, 2.45) is 0 Å². The second-order valence-corrected chi connectivity index (χ2v) is 16.2. The van der Waals surface area contributed by atoms with E-state index in [1.807, 2.05) is 41.7 Å². The van der Waals surface area contributed by atoms with Crippen LogP contribution in [0.3, 0.4) is 0 Å². The van der Waals surface area contributed by atoms with E-state index in [9.17, 15) is 0 Å². The van der Waals surface area contributed by atoms with E-state index in [1.54, 1.807) is 0 Å². The molecule has 0 radical (unpaired) electrons. The van der Waals surface area contributed by atoms with Gasteiger partial charge in [-0.3, -0.25) is 0 Å². The molecule has 0 atom stereocenters. The van der Waals surface area contributed by atoms with Gasteiger partial charge in [0.15, 0.2) is 17.5 Å². The second kappa shape index (κ2) is 12.4. The van der Waals surface area contributed by atoms with Crippen molar-refractivity contribution in [1.82, 2.24) is 19.5 Å². The summed E-state index contributed by atoms with van der Waals surface area (Å²) < 4.78 is 11.2. The first kappa shape index (κ1) is 32.4. The van der Waals surface area contributed by atoms with E-state index in [4.69, 9.17) is 19.4 Å². The number of rotatable bonds is 4. The molecule has 0 fully saturated rings. The predicted molar refractivity (Wildman–Crippen MR) is 246 cm³/mol. The Bertz CT molecular complexity index is 3870. The quantitative estimate of drug-likeness (QED) is 0.179. The Morgan fingerprint density at radius 1 is 0.407 bits per heavy atom. The minimum Gasteiger partial charge on any atom is -0.456 e. The average Bonchev–Trinajstić information content (AvgIpc) is 3.98. The summed E-state index contributed by atoms with van der Waals surface area (Å²) in [7, 11) is 0. The molecule has 0 aliphatic carbocycles. The molecule has 0 amide bonds. The second-order valence-electron chi connectivity index (χ2n) is 15.1. The van der Waals surface area contributed by atoms with Gasteiger partial charge in [-0.25, -0.2) is 15.0 Å². The molecule has 59 heavy (non-hydrogen) atoms. The van der Waals surface area contributed by atoms with Crippen LogP contribution >= 0.6 is 11.3 Å². The Morgan fingerprint density at radius 3 is 1.90 bits per heavy atom. The van der Waals surface area contributed by atoms with Gasteiger partial charge in [-0.1, -0.05) is 127 Å². The third-order valence-electron chi connectivity index (χ3n) is 11.8. The summed E-state index contributed by atoms with van der Waals surface area (Å²) in [5, 5.41) is 11.5. The summed E-state index contributed by atoms with van der Waals surface area (Å²) in [6.07, 6.45) is 0. The van der Waals surface area contributed by atoms with Gasteiger partial charge >= 0.3 is 0 Å². The van der Waals surface area contributed by atoms with E-state index < -0.39 is 0 Å². The van der Waals surface area contributed by atoms with Crippen molar-refractivity contribution in [2.75, 3.05) is 0 Å². The molecule has 4 heterocycles. The fraction of sp³-hybridized carbons (Fsp3) is 0. The lowest BCUT2D eigenvalue weighted by Crippen LogP contribution is -2.01. The van der Waals surface area contributed by atoms with E-state index in [0.717, 1.165) is 55.1 Å². The fourth-order valence-electron chi connectivity index (χ4n) is 9.13. The Kier molecular flexibility index (Phi) is 6.82. The number of thiophene rings is 1. The van der Waals surface area contributed by atoms with E-state index in [1.165, 1.54) is 52.8 Å². The van der Waals surface area contributed by atoms with Crippen molar-refractivity contribution in [1.29, 1.82) is 0 Å². The first-order valence-electron chi connectivity index (χ1n) is 19.8. The van der Waals surface area contributed by atoms with Crippen LogP contribution in [0.1, 0.15) is 0 Å². The molecule has 0 aliphatic rings. The molecule has 6 heteroatoms. The van der Waals surface area contributed by atoms with E-state index in [-0.39, 0.29) is 0 Å². The van der Waals surface area contributed by atoms with Crippen LogP contribution in [0, 0.1) is 0 Å². The van der Waals surface area contributed by atoms with Crippen molar-refractivity contribution < 1.29 is 4.42 Å². The van der Waals surface area contributed by atoms with Gasteiger partial charge in [-0.15, -0.1) is 11.3 Å². The highest BCUT2D eigenvalue weighted by molar-refractivity contribution is 7.26. The monoisotopic (exact) mass is 770 g/mol. The van der Waals surface area contributed by atoms with Gasteiger partial charge in [0.2, 0.25) is 0 Å². The van der Waals surface area contributed by atoms with Crippen molar-refractivity contribution >= 4 is 96.8 Å². The van der Waals surface area contributed by atoms with Gasteiger partial charge in [0.05, 0.1) is 21.4 Å². The molecular formula is C53H30N4OS. The third kappa shape index (κ3) is 4.87. The lowest BCUT2D eigenvalue weighted by molar-refractivity contribution is 0.669. The standard InChI is InChI=1S/C53H30N4OS/c1-2-13-32-28-35(25-24-31(32)12-1)51-54-52(39-19-11-22-46-48(39)37-17-6-9-21-45(37)58-46)56-53(55-51)40-26-27-43(50-49(40)38-18-7-10-23-47(38)59-50)57-42-20-8-5-16-36(42)41-29-33-14-3-4-15-34(33)30-44(41)57/h1-30H. The molecule has 5 nitrogen and oxygen atoms in total. The normalized spacial score (nSPS) is 12.1. The molecule has 0 unspecified atom stereocenters. The molecule has 0 saturated carbocycles. The maximum atomic E-state index is 6.35. The van der Waals surface area contributed by atoms with Crippen LogP contribution in [0.25, 0.3) is 125 Å². The van der Waals surface area contributed by atoms with E-state index in [0.29, 0.717) is 17.5 Å². The molecule has 0 N–H and O–H groups in total. The van der Waals surface area contributed by atoms with Crippen molar-refractivity contribution in [3.8, 4) is 39.9 Å². The molecule has 0 aliphatic heterocycles. The summed E-state index contributed by atoms with van der Waals surface area (Å²) in [4.78, 5) is 16.0. The minimum absolute atomic E-state index is 0.598. The summed E-state index contributed by atoms with van der Waals surface area (Å²) in [6, 6.07) is 64.4. The molecule has 13 rings (SSSR count). The summed E-state index contributed by atoms with van der Waals surface area (Å²) in [5.41, 5.74) is 7.90. The topological polar surface area (TPSA) is 56.7 Å². The van der Waals surface area contributed by atoms with Crippen molar-refractivity contribution in [3.05, 3.63) is 182 Å². The first-order chi connectivity index (χ1) is 29.2. The molecular weight excluding hydrogens is 741 g/mol. The van der Waals surface area contributed by atoms with Crippen molar-refractivity contribution in [2.45, 2.75) is 0 Å². The minimum atomic E-state index is 0.598. The number of hydrogen-bond donors (Lipinski definition) is 0.